The van der Waals surface area contributed by atoms with E-state index in [0.717, 1.165) is 0 Å². The zero-order valence-electron chi connectivity index (χ0n) is 12.0. The van der Waals surface area contributed by atoms with Gasteiger partial charge in [0, 0.05) is 0 Å². The molecule has 0 bridgehead atoms. The highest BCUT2D eigenvalue weighted by Crippen LogP contribution is 2.31. The Hall–Kier alpha value is -1.30. The maximum absolute atomic E-state index is 5.75. The fourth-order valence-corrected chi connectivity index (χ4v) is 1.58. The maximum Gasteiger partial charge on any atom is 0.461 e. The highest BCUT2D eigenvalue weighted by Gasteiger charge is 2.37. The Morgan fingerprint density at radius 1 is 0.842 bits per heavy atom. The molecule has 0 aliphatic heterocycles. The summed E-state index contributed by atoms with van der Waals surface area (Å²) in [5, 5.41) is 0. The summed E-state index contributed by atoms with van der Waals surface area (Å²) in [6, 6.07) is 7.26. The summed E-state index contributed by atoms with van der Waals surface area (Å²) in [6.07, 6.45) is -1.53. The van der Waals surface area contributed by atoms with Gasteiger partial charge in [-0.05, 0) is 32.9 Å². The number of hydrogen-bond donors (Lipinski definition) is 0. The van der Waals surface area contributed by atoms with Gasteiger partial charge in [-0.25, -0.2) is 0 Å². The van der Waals surface area contributed by atoms with Crippen LogP contribution in [0.3, 0.4) is 0 Å². The van der Waals surface area contributed by atoms with E-state index >= 15 is 0 Å². The molecule has 0 unspecified atom stereocenters. The SMILES string of the molecule is CCOC(OCC)(OCC)Oc1ccccc1OC. The molecule has 0 aromatic heterocycles. The molecule has 1 aromatic carbocycles. The molecule has 0 aliphatic carbocycles. The third kappa shape index (κ3) is 4.38. The van der Waals surface area contributed by atoms with Crippen LogP contribution in [-0.2, 0) is 14.2 Å². The van der Waals surface area contributed by atoms with Crippen molar-refractivity contribution in [2.45, 2.75) is 26.9 Å². The summed E-state index contributed by atoms with van der Waals surface area (Å²) in [6.45, 7) is 6.73. The van der Waals surface area contributed by atoms with Gasteiger partial charge in [-0.1, -0.05) is 12.1 Å². The van der Waals surface area contributed by atoms with Gasteiger partial charge in [0.1, 0.15) is 0 Å². The van der Waals surface area contributed by atoms with Crippen molar-refractivity contribution in [3.63, 3.8) is 0 Å². The van der Waals surface area contributed by atoms with E-state index in [1.165, 1.54) is 0 Å². The van der Waals surface area contributed by atoms with Crippen LogP contribution in [0.25, 0.3) is 0 Å². The average Bonchev–Trinajstić information content (AvgIpc) is 2.40. The summed E-state index contributed by atoms with van der Waals surface area (Å²) < 4.78 is 27.5. The van der Waals surface area contributed by atoms with Crippen LogP contribution in [0.15, 0.2) is 24.3 Å². The minimum absolute atomic E-state index is 0.398. The van der Waals surface area contributed by atoms with E-state index in [4.69, 9.17) is 23.7 Å². The van der Waals surface area contributed by atoms with Crippen molar-refractivity contribution in [2.75, 3.05) is 26.9 Å². The van der Waals surface area contributed by atoms with Crippen molar-refractivity contribution in [1.29, 1.82) is 0 Å². The molecule has 19 heavy (non-hydrogen) atoms. The van der Waals surface area contributed by atoms with Gasteiger partial charge in [0.05, 0.1) is 26.9 Å². The molecule has 0 radical (unpaired) electrons. The Bertz CT molecular complexity index is 350. The first-order chi connectivity index (χ1) is 9.21. The molecule has 5 nitrogen and oxygen atoms in total. The van der Waals surface area contributed by atoms with Crippen molar-refractivity contribution in [1.82, 2.24) is 0 Å². The van der Waals surface area contributed by atoms with Gasteiger partial charge >= 0.3 is 6.16 Å². The van der Waals surface area contributed by atoms with E-state index < -0.39 is 6.16 Å². The molecule has 0 aliphatic rings. The van der Waals surface area contributed by atoms with Crippen LogP contribution in [0.4, 0.5) is 0 Å². The standard InChI is InChI=1S/C14H22O5/c1-5-16-14(17-6-2,18-7-3)19-13-11-9-8-10-12(13)15-4/h8-11H,5-7H2,1-4H3. The van der Waals surface area contributed by atoms with Crippen LogP contribution in [0.5, 0.6) is 11.5 Å². The Balaban J connectivity index is 2.97. The van der Waals surface area contributed by atoms with Crippen molar-refractivity contribution >= 4 is 0 Å². The third-order valence-corrected chi connectivity index (χ3v) is 2.27. The molecule has 0 fully saturated rings. The van der Waals surface area contributed by atoms with Crippen LogP contribution < -0.4 is 9.47 Å². The predicted octanol–water partition coefficient (Wildman–Crippen LogP) is 2.79. The van der Waals surface area contributed by atoms with Gasteiger partial charge in [0.2, 0.25) is 0 Å². The quantitative estimate of drug-likeness (QED) is 0.646. The monoisotopic (exact) mass is 270 g/mol. The first-order valence-electron chi connectivity index (χ1n) is 6.45. The van der Waals surface area contributed by atoms with E-state index in [2.05, 4.69) is 0 Å². The first kappa shape index (κ1) is 15.8. The second kappa shape index (κ2) is 7.99. The number of hydrogen-bond acceptors (Lipinski definition) is 5. The van der Waals surface area contributed by atoms with Crippen molar-refractivity contribution in [3.8, 4) is 11.5 Å². The van der Waals surface area contributed by atoms with Crippen LogP contribution in [-0.4, -0.2) is 33.1 Å². The molecule has 0 atom stereocenters. The minimum atomic E-state index is -1.53. The maximum atomic E-state index is 5.75. The largest absolute Gasteiger partial charge is 0.493 e. The molecule has 0 spiro atoms. The molecule has 0 amide bonds. The van der Waals surface area contributed by atoms with E-state index in [0.29, 0.717) is 31.3 Å². The summed E-state index contributed by atoms with van der Waals surface area (Å²) in [7, 11) is 1.58. The van der Waals surface area contributed by atoms with Crippen LogP contribution >= 0.6 is 0 Å². The minimum Gasteiger partial charge on any atom is -0.493 e. The fourth-order valence-electron chi connectivity index (χ4n) is 1.58. The number of methoxy groups -OCH3 is 1. The lowest BCUT2D eigenvalue weighted by molar-refractivity contribution is -0.467. The van der Waals surface area contributed by atoms with Gasteiger partial charge in [0.15, 0.2) is 11.5 Å². The predicted molar refractivity (Wildman–Crippen MR) is 71.2 cm³/mol. The van der Waals surface area contributed by atoms with E-state index in [9.17, 15) is 0 Å². The molecule has 0 N–H and O–H groups in total. The Morgan fingerprint density at radius 2 is 1.32 bits per heavy atom. The summed E-state index contributed by atoms with van der Waals surface area (Å²) in [5.74, 6) is 1.09. The lowest BCUT2D eigenvalue weighted by Crippen LogP contribution is -2.45. The molecule has 1 aromatic rings. The van der Waals surface area contributed by atoms with Gasteiger partial charge in [0.25, 0.3) is 0 Å². The zero-order chi connectivity index (χ0) is 14.1. The van der Waals surface area contributed by atoms with E-state index in [-0.39, 0.29) is 0 Å². The second-order valence-electron chi connectivity index (χ2n) is 3.55. The van der Waals surface area contributed by atoms with Crippen LogP contribution in [0, 0.1) is 0 Å². The molecule has 0 heterocycles. The lowest BCUT2D eigenvalue weighted by atomic mass is 10.3. The van der Waals surface area contributed by atoms with Gasteiger partial charge in [-0.2, -0.15) is 0 Å². The van der Waals surface area contributed by atoms with E-state index in [1.54, 1.807) is 19.2 Å². The fraction of sp³-hybridized carbons (Fsp3) is 0.571. The van der Waals surface area contributed by atoms with Crippen LogP contribution in [0.2, 0.25) is 0 Å². The smallest absolute Gasteiger partial charge is 0.461 e. The molecule has 0 saturated heterocycles. The average molecular weight is 270 g/mol. The van der Waals surface area contributed by atoms with Gasteiger partial charge in [-0.3, -0.25) is 14.2 Å². The van der Waals surface area contributed by atoms with Crippen molar-refractivity contribution in [2.24, 2.45) is 0 Å². The summed E-state index contributed by atoms with van der Waals surface area (Å²) >= 11 is 0. The molecule has 108 valence electrons. The Kier molecular flexibility index (Phi) is 6.62. The van der Waals surface area contributed by atoms with Crippen LogP contribution in [0.1, 0.15) is 20.8 Å². The second-order valence-corrected chi connectivity index (χ2v) is 3.55. The number of benzene rings is 1. The molecule has 1 rings (SSSR count). The van der Waals surface area contributed by atoms with E-state index in [1.807, 2.05) is 32.9 Å². The summed E-state index contributed by atoms with van der Waals surface area (Å²) in [5.41, 5.74) is 0. The van der Waals surface area contributed by atoms with Gasteiger partial charge < -0.3 is 9.47 Å². The topological polar surface area (TPSA) is 46.2 Å². The normalized spacial score (nSPS) is 11.4. The zero-order valence-corrected chi connectivity index (χ0v) is 12.0. The number of para-hydroxylation sites is 2. The summed E-state index contributed by atoms with van der Waals surface area (Å²) in [4.78, 5) is 0. The molecular weight excluding hydrogens is 248 g/mol. The lowest BCUT2D eigenvalue weighted by Gasteiger charge is -2.31. The third-order valence-electron chi connectivity index (χ3n) is 2.27. The molecule has 5 heteroatoms. The Morgan fingerprint density at radius 3 is 1.74 bits per heavy atom. The highest BCUT2D eigenvalue weighted by molar-refractivity contribution is 5.39. The number of ether oxygens (including phenoxy) is 5. The van der Waals surface area contributed by atoms with Crippen molar-refractivity contribution < 1.29 is 23.7 Å². The first-order valence-corrected chi connectivity index (χ1v) is 6.45. The highest BCUT2D eigenvalue weighted by atomic mass is 17.0. The van der Waals surface area contributed by atoms with Gasteiger partial charge in [-0.15, -0.1) is 0 Å². The van der Waals surface area contributed by atoms with Crippen molar-refractivity contribution in [3.05, 3.63) is 24.3 Å². The number of rotatable bonds is 9. The Labute approximate surface area is 114 Å². The molecular formula is C14H22O5. The molecule has 0 saturated carbocycles.